The van der Waals surface area contributed by atoms with E-state index in [1.165, 1.54) is 0 Å². The average molecular weight is 300 g/mol. The zero-order valence-electron chi connectivity index (χ0n) is 10.1. The van der Waals surface area contributed by atoms with Crippen molar-refractivity contribution in [3.8, 4) is 5.75 Å². The fraction of sp³-hybridized carbons (Fsp3) is 0.462. The van der Waals surface area contributed by atoms with Crippen molar-refractivity contribution in [3.63, 3.8) is 0 Å². The van der Waals surface area contributed by atoms with E-state index in [0.717, 1.165) is 30.6 Å². The lowest BCUT2D eigenvalue weighted by atomic mass is 10.3. The molecule has 1 aromatic rings. The predicted molar refractivity (Wildman–Crippen MR) is 72.6 cm³/mol. The standard InChI is InChI=1S/C13H18BrNO2/c1-2-9-15(10-8-14)13(16)11-17-12-6-4-3-5-7-12/h3-7H,2,8-11H2,1H3. The minimum atomic E-state index is 0.0372. The smallest absolute Gasteiger partial charge is 0.260 e. The summed E-state index contributed by atoms with van der Waals surface area (Å²) < 4.78 is 5.43. The van der Waals surface area contributed by atoms with Crippen LogP contribution in [-0.4, -0.2) is 35.8 Å². The summed E-state index contributed by atoms with van der Waals surface area (Å²) in [4.78, 5) is 13.7. The van der Waals surface area contributed by atoms with Gasteiger partial charge in [-0.3, -0.25) is 4.79 Å². The largest absolute Gasteiger partial charge is 0.484 e. The Hall–Kier alpha value is -1.03. The molecule has 0 fully saturated rings. The van der Waals surface area contributed by atoms with Crippen molar-refractivity contribution in [1.29, 1.82) is 0 Å². The molecule has 0 spiro atoms. The molecule has 0 saturated carbocycles. The summed E-state index contributed by atoms with van der Waals surface area (Å²) in [5, 5.41) is 0.796. The average Bonchev–Trinajstić information content (AvgIpc) is 2.37. The van der Waals surface area contributed by atoms with E-state index in [9.17, 15) is 4.79 Å². The summed E-state index contributed by atoms with van der Waals surface area (Å²) in [6.45, 7) is 3.68. The SMILES string of the molecule is CCCN(CCBr)C(=O)COc1ccccc1. The van der Waals surface area contributed by atoms with Gasteiger partial charge in [-0.2, -0.15) is 0 Å². The van der Waals surface area contributed by atoms with Crippen LogP contribution in [0.2, 0.25) is 0 Å². The molecule has 4 heteroatoms. The highest BCUT2D eigenvalue weighted by Gasteiger charge is 2.12. The molecule has 0 heterocycles. The number of hydrogen-bond acceptors (Lipinski definition) is 2. The molecule has 0 bridgehead atoms. The molecule has 0 saturated heterocycles. The van der Waals surface area contributed by atoms with Crippen LogP contribution in [0.4, 0.5) is 0 Å². The molecule has 0 atom stereocenters. The Labute approximate surface area is 111 Å². The van der Waals surface area contributed by atoms with Crippen LogP contribution in [0.25, 0.3) is 0 Å². The molecule has 0 aliphatic heterocycles. The van der Waals surface area contributed by atoms with E-state index >= 15 is 0 Å². The number of benzene rings is 1. The zero-order valence-corrected chi connectivity index (χ0v) is 11.6. The number of alkyl halides is 1. The zero-order chi connectivity index (χ0) is 12.5. The fourth-order valence-corrected chi connectivity index (χ4v) is 1.91. The molecule has 1 aromatic carbocycles. The number of carbonyl (C=O) groups excluding carboxylic acids is 1. The summed E-state index contributed by atoms with van der Waals surface area (Å²) in [5.74, 6) is 0.770. The van der Waals surface area contributed by atoms with Gasteiger partial charge >= 0.3 is 0 Å². The minimum Gasteiger partial charge on any atom is -0.484 e. The van der Waals surface area contributed by atoms with Crippen LogP contribution >= 0.6 is 15.9 Å². The van der Waals surface area contributed by atoms with Crippen molar-refractivity contribution in [2.45, 2.75) is 13.3 Å². The molecule has 17 heavy (non-hydrogen) atoms. The Morgan fingerprint density at radius 2 is 2.00 bits per heavy atom. The lowest BCUT2D eigenvalue weighted by molar-refractivity contribution is -0.133. The summed E-state index contributed by atoms with van der Waals surface area (Å²) in [6, 6.07) is 9.40. The van der Waals surface area contributed by atoms with Crippen LogP contribution in [0, 0.1) is 0 Å². The van der Waals surface area contributed by atoms with E-state index in [1.54, 1.807) is 0 Å². The van der Waals surface area contributed by atoms with E-state index in [2.05, 4.69) is 22.9 Å². The Morgan fingerprint density at radius 3 is 2.59 bits per heavy atom. The number of carbonyl (C=O) groups is 1. The Balaban J connectivity index is 2.41. The normalized spacial score (nSPS) is 10.0. The molecule has 0 radical (unpaired) electrons. The van der Waals surface area contributed by atoms with E-state index in [-0.39, 0.29) is 12.5 Å². The number of halogens is 1. The van der Waals surface area contributed by atoms with E-state index in [1.807, 2.05) is 35.2 Å². The van der Waals surface area contributed by atoms with Crippen molar-refractivity contribution in [2.24, 2.45) is 0 Å². The molecular weight excluding hydrogens is 282 g/mol. The van der Waals surface area contributed by atoms with Gasteiger partial charge in [-0.25, -0.2) is 0 Å². The van der Waals surface area contributed by atoms with Crippen molar-refractivity contribution in [3.05, 3.63) is 30.3 Å². The minimum absolute atomic E-state index is 0.0372. The molecule has 0 unspecified atom stereocenters. The predicted octanol–water partition coefficient (Wildman–Crippen LogP) is 2.70. The lowest BCUT2D eigenvalue weighted by Gasteiger charge is -2.21. The van der Waals surface area contributed by atoms with Crippen LogP contribution in [0.1, 0.15) is 13.3 Å². The second kappa shape index (κ2) is 8.12. The van der Waals surface area contributed by atoms with Gasteiger partial charge in [0.15, 0.2) is 6.61 Å². The number of ether oxygens (including phenoxy) is 1. The Kier molecular flexibility index (Phi) is 6.70. The van der Waals surface area contributed by atoms with Gasteiger partial charge in [0, 0.05) is 18.4 Å². The second-order valence-corrected chi connectivity index (χ2v) is 4.46. The molecule has 1 amide bonds. The maximum Gasteiger partial charge on any atom is 0.260 e. The van der Waals surface area contributed by atoms with Crippen LogP contribution in [0.15, 0.2) is 30.3 Å². The van der Waals surface area contributed by atoms with Crippen molar-refractivity contribution in [1.82, 2.24) is 4.90 Å². The summed E-state index contributed by atoms with van der Waals surface area (Å²) in [6.07, 6.45) is 0.962. The van der Waals surface area contributed by atoms with Crippen LogP contribution in [0.5, 0.6) is 5.75 Å². The van der Waals surface area contributed by atoms with E-state index < -0.39 is 0 Å². The van der Waals surface area contributed by atoms with Crippen molar-refractivity contribution in [2.75, 3.05) is 25.0 Å². The monoisotopic (exact) mass is 299 g/mol. The highest BCUT2D eigenvalue weighted by molar-refractivity contribution is 9.09. The second-order valence-electron chi connectivity index (χ2n) is 3.67. The van der Waals surface area contributed by atoms with Crippen LogP contribution in [-0.2, 0) is 4.79 Å². The van der Waals surface area contributed by atoms with Gasteiger partial charge < -0.3 is 9.64 Å². The van der Waals surface area contributed by atoms with E-state index in [0.29, 0.717) is 0 Å². The lowest BCUT2D eigenvalue weighted by Crippen LogP contribution is -2.36. The Morgan fingerprint density at radius 1 is 1.29 bits per heavy atom. The first kappa shape index (κ1) is 14.0. The fourth-order valence-electron chi connectivity index (χ4n) is 1.49. The van der Waals surface area contributed by atoms with Gasteiger partial charge in [0.25, 0.3) is 5.91 Å². The third-order valence-corrected chi connectivity index (χ3v) is 2.66. The van der Waals surface area contributed by atoms with Crippen molar-refractivity contribution < 1.29 is 9.53 Å². The highest BCUT2D eigenvalue weighted by atomic mass is 79.9. The number of rotatable bonds is 7. The van der Waals surface area contributed by atoms with Crippen LogP contribution in [0.3, 0.4) is 0 Å². The number of nitrogens with zero attached hydrogens (tertiary/aromatic N) is 1. The van der Waals surface area contributed by atoms with Gasteiger partial charge in [0.1, 0.15) is 5.75 Å². The van der Waals surface area contributed by atoms with E-state index in [4.69, 9.17) is 4.74 Å². The quantitative estimate of drug-likeness (QED) is 0.725. The van der Waals surface area contributed by atoms with Crippen molar-refractivity contribution >= 4 is 21.8 Å². The van der Waals surface area contributed by atoms with Crippen LogP contribution < -0.4 is 4.74 Å². The summed E-state index contributed by atoms with van der Waals surface area (Å²) in [5.41, 5.74) is 0. The highest BCUT2D eigenvalue weighted by Crippen LogP contribution is 2.08. The number of para-hydroxylation sites is 1. The van der Waals surface area contributed by atoms with Gasteiger partial charge in [-0.1, -0.05) is 41.1 Å². The number of hydrogen-bond donors (Lipinski definition) is 0. The molecular formula is C13H18BrNO2. The van der Waals surface area contributed by atoms with Gasteiger partial charge in [-0.05, 0) is 18.6 Å². The van der Waals surface area contributed by atoms with Gasteiger partial charge in [-0.15, -0.1) is 0 Å². The first-order chi connectivity index (χ1) is 8.27. The molecule has 0 aliphatic carbocycles. The van der Waals surface area contributed by atoms with Gasteiger partial charge in [0.05, 0.1) is 0 Å². The summed E-state index contributed by atoms with van der Waals surface area (Å²) in [7, 11) is 0. The maximum absolute atomic E-state index is 11.9. The third kappa shape index (κ3) is 5.22. The molecule has 94 valence electrons. The van der Waals surface area contributed by atoms with Gasteiger partial charge in [0.2, 0.25) is 0 Å². The first-order valence-electron chi connectivity index (χ1n) is 5.79. The third-order valence-electron chi connectivity index (χ3n) is 2.31. The maximum atomic E-state index is 11.9. The summed E-state index contributed by atoms with van der Waals surface area (Å²) >= 11 is 3.35. The molecule has 0 aromatic heterocycles. The molecule has 0 aliphatic rings. The molecule has 3 nitrogen and oxygen atoms in total. The molecule has 1 rings (SSSR count). The first-order valence-corrected chi connectivity index (χ1v) is 6.91. The Bertz CT molecular complexity index is 323. The number of amides is 1. The topological polar surface area (TPSA) is 29.5 Å². The molecule has 0 N–H and O–H groups in total.